The van der Waals surface area contributed by atoms with Crippen LogP contribution in [0.2, 0.25) is 0 Å². The summed E-state index contributed by atoms with van der Waals surface area (Å²) in [6.07, 6.45) is 0.914. The molecule has 0 atom stereocenters. The molecule has 0 aliphatic heterocycles. The molecule has 1 N–H and O–H groups in total. The monoisotopic (exact) mass is 366 g/mol. The van der Waals surface area contributed by atoms with Crippen molar-refractivity contribution in [3.8, 4) is 16.9 Å². The zero-order valence-corrected chi connectivity index (χ0v) is 14.2. The molecule has 136 valence electrons. The first-order valence-electron chi connectivity index (χ1n) is 8.17. The second kappa shape index (κ2) is 8.71. The minimum atomic E-state index is -0.761. The van der Waals surface area contributed by atoms with Gasteiger partial charge in [-0.25, -0.2) is 14.2 Å². The molecule has 3 rings (SSSR count). The fourth-order valence-corrected chi connectivity index (χ4v) is 2.36. The van der Waals surface area contributed by atoms with Crippen LogP contribution in [0.15, 0.2) is 77.9 Å². The van der Waals surface area contributed by atoms with E-state index in [4.69, 9.17) is 4.74 Å². The summed E-state index contributed by atoms with van der Waals surface area (Å²) >= 11 is 0. The van der Waals surface area contributed by atoms with Gasteiger partial charge in [0, 0.05) is 0 Å². The first kappa shape index (κ1) is 18.3. The molecule has 3 aromatic rings. The lowest BCUT2D eigenvalue weighted by Crippen LogP contribution is -2.24. The minimum absolute atomic E-state index is 0.276. The number of halogens is 2. The number of amides is 1. The molecule has 0 spiro atoms. The van der Waals surface area contributed by atoms with Gasteiger partial charge >= 0.3 is 0 Å². The number of carbonyl (C=O) groups excluding carboxylic acids is 1. The van der Waals surface area contributed by atoms with Crippen molar-refractivity contribution in [2.75, 3.05) is 6.61 Å². The maximum absolute atomic E-state index is 13.4. The molecule has 0 unspecified atom stereocenters. The summed E-state index contributed by atoms with van der Waals surface area (Å²) in [6, 6.07) is 20.6. The SMILES string of the molecule is O=C(COc1ccc(-c2ccccc2)cc1)N/N=C\c1c(F)cccc1F. The number of nitrogens with zero attached hydrogens (tertiary/aromatic N) is 1. The Labute approximate surface area is 155 Å². The highest BCUT2D eigenvalue weighted by Gasteiger charge is 2.06. The Morgan fingerprint density at radius 3 is 2.19 bits per heavy atom. The molecule has 0 bridgehead atoms. The highest BCUT2D eigenvalue weighted by Crippen LogP contribution is 2.21. The number of benzene rings is 3. The Morgan fingerprint density at radius 2 is 1.52 bits per heavy atom. The van der Waals surface area contributed by atoms with Gasteiger partial charge in [0.1, 0.15) is 17.4 Å². The van der Waals surface area contributed by atoms with Gasteiger partial charge in [-0.15, -0.1) is 0 Å². The maximum atomic E-state index is 13.4. The normalized spacial score (nSPS) is 10.7. The second-order valence-corrected chi connectivity index (χ2v) is 5.61. The molecule has 0 radical (unpaired) electrons. The molecule has 3 aromatic carbocycles. The number of ether oxygens (including phenoxy) is 1. The van der Waals surface area contributed by atoms with E-state index in [1.165, 1.54) is 6.07 Å². The Kier molecular flexibility index (Phi) is 5.89. The quantitative estimate of drug-likeness (QED) is 0.526. The largest absolute Gasteiger partial charge is 0.484 e. The molecule has 6 heteroatoms. The summed E-state index contributed by atoms with van der Waals surface area (Å²) in [5, 5.41) is 3.54. The summed E-state index contributed by atoms with van der Waals surface area (Å²) in [5.41, 5.74) is 3.95. The Morgan fingerprint density at radius 1 is 0.889 bits per heavy atom. The van der Waals surface area contributed by atoms with Gasteiger partial charge in [-0.3, -0.25) is 4.79 Å². The van der Waals surface area contributed by atoms with Crippen molar-refractivity contribution in [1.29, 1.82) is 0 Å². The standard InChI is InChI=1S/C21H16F2N2O2/c22-19-7-4-8-20(23)18(19)13-24-25-21(26)14-27-17-11-9-16(10-12-17)15-5-2-1-3-6-15/h1-13H,14H2,(H,25,26)/b24-13-. The number of nitrogens with one attached hydrogen (secondary N) is 1. The molecule has 1 amide bonds. The molecule has 4 nitrogen and oxygen atoms in total. The highest BCUT2D eigenvalue weighted by molar-refractivity contribution is 5.83. The van der Waals surface area contributed by atoms with Gasteiger partial charge in [0.25, 0.3) is 5.91 Å². The molecular formula is C21H16F2N2O2. The first-order valence-corrected chi connectivity index (χ1v) is 8.17. The van der Waals surface area contributed by atoms with E-state index >= 15 is 0 Å². The third-order valence-corrected chi connectivity index (χ3v) is 3.71. The first-order chi connectivity index (χ1) is 13.1. The zero-order chi connectivity index (χ0) is 19.1. The lowest BCUT2D eigenvalue weighted by molar-refractivity contribution is -0.123. The molecule has 0 fully saturated rings. The van der Waals surface area contributed by atoms with Gasteiger partial charge in [-0.2, -0.15) is 5.10 Å². The summed E-state index contributed by atoms with van der Waals surface area (Å²) in [5.74, 6) is -1.55. The summed E-state index contributed by atoms with van der Waals surface area (Å²) < 4.78 is 32.2. The zero-order valence-electron chi connectivity index (χ0n) is 14.2. The lowest BCUT2D eigenvalue weighted by atomic mass is 10.1. The van der Waals surface area contributed by atoms with E-state index in [0.29, 0.717) is 5.75 Å². The number of carbonyl (C=O) groups is 1. The van der Waals surface area contributed by atoms with Gasteiger partial charge < -0.3 is 4.74 Å². The highest BCUT2D eigenvalue weighted by atomic mass is 19.1. The molecule has 0 aromatic heterocycles. The number of rotatable bonds is 6. The van der Waals surface area contributed by atoms with Crippen LogP contribution in [0, 0.1) is 11.6 Å². The molecule has 0 aliphatic carbocycles. The summed E-state index contributed by atoms with van der Waals surface area (Å²) in [6.45, 7) is -0.276. The van der Waals surface area contributed by atoms with Crippen LogP contribution in [0.1, 0.15) is 5.56 Å². The van der Waals surface area contributed by atoms with Gasteiger partial charge in [0.15, 0.2) is 6.61 Å². The average Bonchev–Trinajstić information content (AvgIpc) is 2.70. The third-order valence-electron chi connectivity index (χ3n) is 3.71. The van der Waals surface area contributed by atoms with Crippen LogP contribution in [-0.4, -0.2) is 18.7 Å². The van der Waals surface area contributed by atoms with Crippen LogP contribution in [0.3, 0.4) is 0 Å². The van der Waals surface area contributed by atoms with E-state index < -0.39 is 17.5 Å². The van der Waals surface area contributed by atoms with Crippen LogP contribution in [0.5, 0.6) is 5.75 Å². The molecule has 0 aliphatic rings. The van der Waals surface area contributed by atoms with Crippen molar-refractivity contribution in [1.82, 2.24) is 5.43 Å². The lowest BCUT2D eigenvalue weighted by Gasteiger charge is -2.06. The van der Waals surface area contributed by atoms with Crippen molar-refractivity contribution in [2.24, 2.45) is 5.10 Å². The van der Waals surface area contributed by atoms with Crippen molar-refractivity contribution < 1.29 is 18.3 Å². The fraction of sp³-hybridized carbons (Fsp3) is 0.0476. The molecule has 0 heterocycles. The van der Waals surface area contributed by atoms with Gasteiger partial charge in [0.05, 0.1) is 11.8 Å². The molecule has 0 saturated heterocycles. The predicted octanol–water partition coefficient (Wildman–Crippen LogP) is 4.16. The van der Waals surface area contributed by atoms with E-state index in [1.54, 1.807) is 12.1 Å². The second-order valence-electron chi connectivity index (χ2n) is 5.61. The van der Waals surface area contributed by atoms with E-state index in [-0.39, 0.29) is 12.2 Å². The van der Waals surface area contributed by atoms with Crippen LogP contribution >= 0.6 is 0 Å². The van der Waals surface area contributed by atoms with Crippen LogP contribution < -0.4 is 10.2 Å². The van der Waals surface area contributed by atoms with Gasteiger partial charge in [-0.1, -0.05) is 48.5 Å². The molecule has 0 saturated carbocycles. The van der Waals surface area contributed by atoms with Crippen molar-refractivity contribution in [3.05, 3.63) is 90.0 Å². The van der Waals surface area contributed by atoms with E-state index in [2.05, 4.69) is 10.5 Å². The number of hydrazone groups is 1. The number of hydrogen-bond acceptors (Lipinski definition) is 3. The van der Waals surface area contributed by atoms with Gasteiger partial charge in [0.2, 0.25) is 0 Å². The Bertz CT molecular complexity index is 922. The van der Waals surface area contributed by atoms with Crippen LogP contribution in [0.25, 0.3) is 11.1 Å². The number of hydrogen-bond donors (Lipinski definition) is 1. The van der Waals surface area contributed by atoms with Gasteiger partial charge in [-0.05, 0) is 35.4 Å². The fourth-order valence-electron chi connectivity index (χ4n) is 2.36. The smallest absolute Gasteiger partial charge is 0.277 e. The van der Waals surface area contributed by atoms with Crippen LogP contribution in [-0.2, 0) is 4.79 Å². The van der Waals surface area contributed by atoms with E-state index in [0.717, 1.165) is 29.5 Å². The predicted molar refractivity (Wildman–Crippen MR) is 99.5 cm³/mol. The topological polar surface area (TPSA) is 50.7 Å². The van der Waals surface area contributed by atoms with E-state index in [1.807, 2.05) is 42.5 Å². The minimum Gasteiger partial charge on any atom is -0.484 e. The molecular weight excluding hydrogens is 350 g/mol. The third kappa shape index (κ3) is 4.98. The van der Waals surface area contributed by atoms with Crippen LogP contribution in [0.4, 0.5) is 8.78 Å². The average molecular weight is 366 g/mol. The summed E-state index contributed by atoms with van der Waals surface area (Å²) in [7, 11) is 0. The van der Waals surface area contributed by atoms with Crippen molar-refractivity contribution in [3.63, 3.8) is 0 Å². The van der Waals surface area contributed by atoms with Crippen molar-refractivity contribution in [2.45, 2.75) is 0 Å². The summed E-state index contributed by atoms with van der Waals surface area (Å²) in [4.78, 5) is 11.7. The van der Waals surface area contributed by atoms with E-state index in [9.17, 15) is 13.6 Å². The molecule has 27 heavy (non-hydrogen) atoms. The maximum Gasteiger partial charge on any atom is 0.277 e. The Hall–Kier alpha value is -3.54. The van der Waals surface area contributed by atoms with Crippen molar-refractivity contribution >= 4 is 12.1 Å². The Balaban J connectivity index is 1.51.